The topological polar surface area (TPSA) is 75.7 Å². The van der Waals surface area contributed by atoms with Crippen LogP contribution in [0.3, 0.4) is 0 Å². The first-order valence-electron chi connectivity index (χ1n) is 10.6. The predicted octanol–water partition coefficient (Wildman–Crippen LogP) is 4.44. The third-order valence-corrected chi connectivity index (χ3v) is 6.54. The molecule has 6 nitrogen and oxygen atoms in total. The zero-order chi connectivity index (χ0) is 22.1. The Labute approximate surface area is 185 Å². The fourth-order valence-electron chi connectivity index (χ4n) is 3.80. The summed E-state index contributed by atoms with van der Waals surface area (Å²) < 4.78 is 31.8. The van der Waals surface area contributed by atoms with Gasteiger partial charge in [-0.25, -0.2) is 17.9 Å². The second-order valence-electron chi connectivity index (χ2n) is 7.84. The summed E-state index contributed by atoms with van der Waals surface area (Å²) >= 11 is 0. The first-order chi connectivity index (χ1) is 14.9. The lowest BCUT2D eigenvalue weighted by Crippen LogP contribution is -2.45. The quantitative estimate of drug-likeness (QED) is 0.656. The number of rotatable bonds is 8. The van der Waals surface area contributed by atoms with Crippen molar-refractivity contribution in [1.82, 2.24) is 9.62 Å². The molecule has 1 heterocycles. The lowest BCUT2D eigenvalue weighted by atomic mass is 9.91. The van der Waals surface area contributed by atoms with Crippen molar-refractivity contribution in [2.75, 3.05) is 20.2 Å². The monoisotopic (exact) mass is 442 g/mol. The Bertz CT molecular complexity index is 982. The fraction of sp³-hybridized carbons (Fsp3) is 0.375. The van der Waals surface area contributed by atoms with Crippen LogP contribution in [0.1, 0.15) is 36.8 Å². The van der Waals surface area contributed by atoms with Crippen molar-refractivity contribution in [1.29, 1.82) is 0 Å². The van der Waals surface area contributed by atoms with Gasteiger partial charge in [0.2, 0.25) is 0 Å². The van der Waals surface area contributed by atoms with Gasteiger partial charge in [-0.05, 0) is 67.4 Å². The summed E-state index contributed by atoms with van der Waals surface area (Å²) in [5.41, 5.74) is 2.03. The van der Waals surface area contributed by atoms with Crippen LogP contribution in [0.15, 0.2) is 60.0 Å². The third kappa shape index (κ3) is 7.43. The number of hydrogen-bond acceptors (Lipinski definition) is 4. The van der Waals surface area contributed by atoms with Gasteiger partial charge in [0.15, 0.2) is 0 Å². The highest BCUT2D eigenvalue weighted by Gasteiger charge is 2.24. The first-order valence-corrected chi connectivity index (χ1v) is 12.2. The molecule has 2 amide bonds. The number of aryl methyl sites for hydroxylation is 1. The van der Waals surface area contributed by atoms with E-state index in [9.17, 15) is 13.2 Å². The lowest BCUT2D eigenvalue weighted by Gasteiger charge is -2.31. The molecule has 1 fully saturated rings. The Morgan fingerprint density at radius 2 is 1.87 bits per heavy atom. The van der Waals surface area contributed by atoms with E-state index in [2.05, 4.69) is 16.9 Å². The number of hydrogen-bond donors (Lipinski definition) is 1. The van der Waals surface area contributed by atoms with Gasteiger partial charge in [-0.1, -0.05) is 42.5 Å². The number of methoxy groups -OCH3 is 1. The van der Waals surface area contributed by atoms with Gasteiger partial charge in [-0.15, -0.1) is 0 Å². The number of sulfonamides is 1. The van der Waals surface area contributed by atoms with Crippen LogP contribution in [-0.4, -0.2) is 39.5 Å². The van der Waals surface area contributed by atoms with Gasteiger partial charge in [-0.2, -0.15) is 0 Å². The number of nitrogens with zero attached hydrogens (tertiary/aromatic N) is 1. The molecule has 2 aromatic carbocycles. The summed E-state index contributed by atoms with van der Waals surface area (Å²) in [7, 11) is -2.15. The van der Waals surface area contributed by atoms with Crippen molar-refractivity contribution in [3.63, 3.8) is 0 Å². The van der Waals surface area contributed by atoms with Crippen LogP contribution in [-0.2, 0) is 16.4 Å². The number of benzene rings is 2. The van der Waals surface area contributed by atoms with Gasteiger partial charge in [0.05, 0.1) is 12.5 Å². The smallest absolute Gasteiger partial charge is 0.331 e. The number of carbonyl (C=O) groups is 1. The minimum atomic E-state index is -3.82. The van der Waals surface area contributed by atoms with E-state index in [0.29, 0.717) is 19.0 Å². The Hall–Kier alpha value is -2.80. The molecule has 3 rings (SSSR count). The number of amides is 2. The van der Waals surface area contributed by atoms with Crippen molar-refractivity contribution in [2.24, 2.45) is 5.92 Å². The summed E-state index contributed by atoms with van der Waals surface area (Å²) in [6.45, 7) is 1.15. The number of nitrogens with one attached hydrogen (secondary N) is 1. The minimum Gasteiger partial charge on any atom is -0.497 e. The summed E-state index contributed by atoms with van der Waals surface area (Å²) in [5.74, 6) is 1.44. The number of piperidine rings is 1. The Kier molecular flexibility index (Phi) is 8.12. The summed E-state index contributed by atoms with van der Waals surface area (Å²) in [6.07, 6.45) is 6.46. The van der Waals surface area contributed by atoms with Crippen molar-refractivity contribution >= 4 is 22.1 Å². The van der Waals surface area contributed by atoms with E-state index in [-0.39, 0.29) is 0 Å². The minimum absolute atomic E-state index is 0.549. The highest BCUT2D eigenvalue weighted by Crippen LogP contribution is 2.23. The standard InChI is InChI=1S/C24H30N2O4S/c1-30-23-12-6-11-22(19-23)10-5-9-21-13-16-26(17-14-21)24(27)25-31(28,29)18-15-20-7-3-2-4-8-20/h2-4,6-8,11-12,15,18-19,21H,5,9-10,13-14,16-17H2,1H3,(H,25,27). The maximum Gasteiger partial charge on any atom is 0.331 e. The normalized spacial score (nSPS) is 15.2. The predicted molar refractivity (Wildman–Crippen MR) is 123 cm³/mol. The molecular formula is C24H30N2O4S. The fourth-order valence-corrected chi connectivity index (χ4v) is 4.58. The Morgan fingerprint density at radius 3 is 2.58 bits per heavy atom. The van der Waals surface area contributed by atoms with Crippen LogP contribution < -0.4 is 9.46 Å². The van der Waals surface area contributed by atoms with E-state index in [0.717, 1.165) is 48.8 Å². The van der Waals surface area contributed by atoms with Gasteiger partial charge in [0.1, 0.15) is 5.75 Å². The second kappa shape index (κ2) is 11.0. The van der Waals surface area contributed by atoms with Crippen LogP contribution >= 0.6 is 0 Å². The van der Waals surface area contributed by atoms with Gasteiger partial charge >= 0.3 is 6.03 Å². The highest BCUT2D eigenvalue weighted by atomic mass is 32.2. The highest BCUT2D eigenvalue weighted by molar-refractivity contribution is 7.93. The average molecular weight is 443 g/mol. The van der Waals surface area contributed by atoms with Gasteiger partial charge in [0, 0.05) is 13.1 Å². The number of likely N-dealkylation sites (tertiary alicyclic amines) is 1. The van der Waals surface area contributed by atoms with E-state index in [1.807, 2.05) is 30.3 Å². The van der Waals surface area contributed by atoms with Gasteiger partial charge in [-0.3, -0.25) is 0 Å². The lowest BCUT2D eigenvalue weighted by molar-refractivity contribution is 0.172. The first kappa shape index (κ1) is 22.9. The molecule has 0 spiro atoms. The molecule has 31 heavy (non-hydrogen) atoms. The number of urea groups is 1. The largest absolute Gasteiger partial charge is 0.497 e. The molecule has 7 heteroatoms. The summed E-state index contributed by atoms with van der Waals surface area (Å²) in [4.78, 5) is 14.0. The number of ether oxygens (including phenoxy) is 1. The maximum absolute atomic E-state index is 12.4. The molecule has 1 N–H and O–H groups in total. The van der Waals surface area contributed by atoms with Crippen LogP contribution in [0.25, 0.3) is 6.08 Å². The SMILES string of the molecule is COc1cccc(CCCC2CCN(C(=O)NS(=O)(=O)C=Cc3ccccc3)CC2)c1. The molecule has 0 unspecified atom stereocenters. The van der Waals surface area contributed by atoms with E-state index in [1.165, 1.54) is 11.6 Å². The molecule has 2 aromatic rings. The molecule has 0 aliphatic carbocycles. The van der Waals surface area contributed by atoms with E-state index < -0.39 is 16.1 Å². The molecule has 1 saturated heterocycles. The molecule has 0 radical (unpaired) electrons. The molecule has 1 aliphatic rings. The molecule has 0 aromatic heterocycles. The van der Waals surface area contributed by atoms with E-state index >= 15 is 0 Å². The molecule has 166 valence electrons. The van der Waals surface area contributed by atoms with E-state index in [4.69, 9.17) is 4.74 Å². The Balaban J connectivity index is 1.40. The van der Waals surface area contributed by atoms with Gasteiger partial charge < -0.3 is 9.64 Å². The summed E-state index contributed by atoms with van der Waals surface area (Å²) in [6, 6.07) is 16.7. The zero-order valence-electron chi connectivity index (χ0n) is 17.9. The van der Waals surface area contributed by atoms with Crippen molar-refractivity contribution in [3.8, 4) is 5.75 Å². The molecule has 0 atom stereocenters. The Morgan fingerprint density at radius 1 is 1.13 bits per heavy atom. The second-order valence-corrected chi connectivity index (χ2v) is 9.41. The molecule has 0 bridgehead atoms. The third-order valence-electron chi connectivity index (χ3n) is 5.58. The average Bonchev–Trinajstić information content (AvgIpc) is 2.79. The van der Waals surface area contributed by atoms with Crippen LogP contribution in [0.5, 0.6) is 5.75 Å². The van der Waals surface area contributed by atoms with Crippen LogP contribution in [0.4, 0.5) is 4.79 Å². The van der Waals surface area contributed by atoms with Gasteiger partial charge in [0.25, 0.3) is 10.0 Å². The van der Waals surface area contributed by atoms with Crippen LogP contribution in [0.2, 0.25) is 0 Å². The zero-order valence-corrected chi connectivity index (χ0v) is 18.7. The molecular weight excluding hydrogens is 412 g/mol. The maximum atomic E-state index is 12.4. The molecule has 1 aliphatic heterocycles. The van der Waals surface area contributed by atoms with Crippen LogP contribution in [0, 0.1) is 5.92 Å². The molecule has 0 saturated carbocycles. The van der Waals surface area contributed by atoms with Crippen molar-refractivity contribution in [2.45, 2.75) is 32.1 Å². The number of carbonyl (C=O) groups excluding carboxylic acids is 1. The van der Waals surface area contributed by atoms with Crippen molar-refractivity contribution < 1.29 is 17.9 Å². The van der Waals surface area contributed by atoms with Crippen molar-refractivity contribution in [3.05, 3.63) is 71.1 Å². The summed E-state index contributed by atoms with van der Waals surface area (Å²) in [5, 5.41) is 1.03. The van der Waals surface area contributed by atoms with E-state index in [1.54, 1.807) is 24.1 Å².